The van der Waals surface area contributed by atoms with Gasteiger partial charge in [-0.05, 0) is 26.0 Å². The Labute approximate surface area is 116 Å². The molecule has 1 fully saturated rings. The van der Waals surface area contributed by atoms with Crippen molar-refractivity contribution in [2.24, 2.45) is 0 Å². The highest BCUT2D eigenvalue weighted by Gasteiger charge is 2.26. The third-order valence-electron chi connectivity index (χ3n) is 3.38. The quantitative estimate of drug-likeness (QED) is 0.601. The maximum absolute atomic E-state index is 11.9. The van der Waals surface area contributed by atoms with Gasteiger partial charge in [-0.3, -0.25) is 14.9 Å². The summed E-state index contributed by atoms with van der Waals surface area (Å²) >= 11 is 0. The first-order valence-corrected chi connectivity index (χ1v) is 6.45. The van der Waals surface area contributed by atoms with Crippen LogP contribution in [-0.2, 0) is 0 Å². The normalized spacial score (nSPS) is 14.3. The van der Waals surface area contributed by atoms with Gasteiger partial charge >= 0.3 is 5.69 Å². The molecule has 1 aromatic rings. The highest BCUT2D eigenvalue weighted by Crippen LogP contribution is 2.29. The molecule has 1 amide bonds. The van der Waals surface area contributed by atoms with Crippen molar-refractivity contribution in [1.29, 1.82) is 0 Å². The number of likely N-dealkylation sites (N-methyl/N-ethyl adjacent to an activating group) is 1. The standard InChI is InChI=1S/C13H17N3O4/c1-15(9-5-6-9)8-7-14-13(18)10-3-2-4-11(12(10)17)16(19)20/h2-4,9,17H,5-8H2,1H3,(H,14,18). The number of rotatable bonds is 6. The third-order valence-corrected chi connectivity index (χ3v) is 3.38. The summed E-state index contributed by atoms with van der Waals surface area (Å²) in [7, 11) is 1.99. The molecule has 0 aromatic heterocycles. The zero-order valence-electron chi connectivity index (χ0n) is 11.2. The van der Waals surface area contributed by atoms with Gasteiger partial charge in [-0.15, -0.1) is 0 Å². The number of carbonyl (C=O) groups is 1. The van der Waals surface area contributed by atoms with Crippen molar-refractivity contribution in [2.45, 2.75) is 18.9 Å². The number of phenols is 1. The molecule has 1 aliphatic carbocycles. The molecule has 0 saturated heterocycles. The van der Waals surface area contributed by atoms with Crippen LogP contribution in [0, 0.1) is 10.1 Å². The van der Waals surface area contributed by atoms with Crippen molar-refractivity contribution < 1.29 is 14.8 Å². The molecule has 0 unspecified atom stereocenters. The van der Waals surface area contributed by atoms with Gasteiger partial charge in [0, 0.05) is 25.2 Å². The molecule has 0 heterocycles. The fraction of sp³-hybridized carbons (Fsp3) is 0.462. The van der Waals surface area contributed by atoms with Gasteiger partial charge in [-0.25, -0.2) is 0 Å². The summed E-state index contributed by atoms with van der Waals surface area (Å²) in [5.41, 5.74) is -0.541. The molecule has 1 aromatic carbocycles. The topological polar surface area (TPSA) is 95.7 Å². The molecular weight excluding hydrogens is 262 g/mol. The Hall–Kier alpha value is -2.15. The number of hydrogen-bond donors (Lipinski definition) is 2. The van der Waals surface area contributed by atoms with Crippen LogP contribution in [0.2, 0.25) is 0 Å². The molecule has 7 nitrogen and oxygen atoms in total. The maximum Gasteiger partial charge on any atom is 0.311 e. The first-order valence-electron chi connectivity index (χ1n) is 6.45. The van der Waals surface area contributed by atoms with Crippen molar-refractivity contribution in [1.82, 2.24) is 10.2 Å². The number of carbonyl (C=O) groups excluding carboxylic acids is 1. The molecule has 20 heavy (non-hydrogen) atoms. The van der Waals surface area contributed by atoms with Crippen molar-refractivity contribution in [3.63, 3.8) is 0 Å². The molecule has 0 spiro atoms. The average Bonchev–Trinajstić information content (AvgIpc) is 3.22. The summed E-state index contributed by atoms with van der Waals surface area (Å²) in [6, 6.07) is 4.51. The van der Waals surface area contributed by atoms with Crippen LogP contribution in [0.1, 0.15) is 23.2 Å². The fourth-order valence-electron chi connectivity index (χ4n) is 2.00. The van der Waals surface area contributed by atoms with Crippen LogP contribution in [0.15, 0.2) is 18.2 Å². The SMILES string of the molecule is CN(CCNC(=O)c1cccc([N+](=O)[O-])c1O)C1CC1. The van der Waals surface area contributed by atoms with Crippen LogP contribution >= 0.6 is 0 Å². The number of benzene rings is 1. The van der Waals surface area contributed by atoms with E-state index in [2.05, 4.69) is 10.2 Å². The van der Waals surface area contributed by atoms with Crippen LogP contribution in [-0.4, -0.2) is 47.0 Å². The molecule has 1 saturated carbocycles. The Kier molecular flexibility index (Phi) is 4.19. The Morgan fingerprint density at radius 2 is 2.25 bits per heavy atom. The smallest absolute Gasteiger partial charge is 0.311 e. The minimum Gasteiger partial charge on any atom is -0.502 e. The maximum atomic E-state index is 11.9. The summed E-state index contributed by atoms with van der Waals surface area (Å²) in [6.45, 7) is 1.15. The molecule has 0 aliphatic heterocycles. The van der Waals surface area contributed by atoms with Crippen molar-refractivity contribution in [3.8, 4) is 5.75 Å². The molecule has 0 bridgehead atoms. The predicted octanol–water partition coefficient (Wildman–Crippen LogP) is 1.12. The third kappa shape index (κ3) is 3.24. The number of para-hydroxylation sites is 1. The van der Waals surface area contributed by atoms with Gasteiger partial charge in [0.15, 0.2) is 0 Å². The first-order chi connectivity index (χ1) is 9.50. The van der Waals surface area contributed by atoms with Gasteiger partial charge in [0.05, 0.1) is 10.5 Å². The number of nitrogens with one attached hydrogen (secondary N) is 1. The van der Waals surface area contributed by atoms with Gasteiger partial charge in [-0.1, -0.05) is 6.07 Å². The van der Waals surface area contributed by atoms with E-state index < -0.39 is 22.3 Å². The van der Waals surface area contributed by atoms with Gasteiger partial charge < -0.3 is 15.3 Å². The van der Waals surface area contributed by atoms with Gasteiger partial charge in [0.1, 0.15) is 0 Å². The first kappa shape index (κ1) is 14.3. The van der Waals surface area contributed by atoms with Crippen molar-refractivity contribution in [2.75, 3.05) is 20.1 Å². The Morgan fingerprint density at radius 3 is 2.85 bits per heavy atom. The van der Waals surface area contributed by atoms with Crippen LogP contribution < -0.4 is 5.32 Å². The molecule has 0 atom stereocenters. The summed E-state index contributed by atoms with van der Waals surface area (Å²) in [5, 5.41) is 23.1. The second-order valence-electron chi connectivity index (χ2n) is 4.90. The number of nitro groups is 1. The number of nitrogens with zero attached hydrogens (tertiary/aromatic N) is 2. The molecule has 2 N–H and O–H groups in total. The van der Waals surface area contributed by atoms with E-state index >= 15 is 0 Å². The largest absolute Gasteiger partial charge is 0.502 e. The highest BCUT2D eigenvalue weighted by atomic mass is 16.6. The number of nitro benzene ring substituents is 1. The molecule has 108 valence electrons. The van der Waals surface area contributed by atoms with Gasteiger partial charge in [-0.2, -0.15) is 0 Å². The van der Waals surface area contributed by atoms with E-state index in [9.17, 15) is 20.0 Å². The highest BCUT2D eigenvalue weighted by molar-refractivity contribution is 5.98. The van der Waals surface area contributed by atoms with Crippen LogP contribution in [0.25, 0.3) is 0 Å². The van der Waals surface area contributed by atoms with E-state index in [-0.39, 0.29) is 5.56 Å². The Balaban J connectivity index is 1.94. The van der Waals surface area contributed by atoms with E-state index in [4.69, 9.17) is 0 Å². The predicted molar refractivity (Wildman–Crippen MR) is 72.7 cm³/mol. The van der Waals surface area contributed by atoms with E-state index in [1.165, 1.54) is 25.0 Å². The van der Waals surface area contributed by atoms with Gasteiger partial charge in [0.2, 0.25) is 5.75 Å². The summed E-state index contributed by atoms with van der Waals surface area (Å²) in [6.07, 6.45) is 2.38. The van der Waals surface area contributed by atoms with E-state index in [1.807, 2.05) is 7.05 Å². The minimum absolute atomic E-state index is 0.0757. The average molecular weight is 279 g/mol. The van der Waals surface area contributed by atoms with E-state index in [1.54, 1.807) is 0 Å². The summed E-state index contributed by atoms with van der Waals surface area (Å²) in [5.74, 6) is -1.10. The Morgan fingerprint density at radius 1 is 1.55 bits per heavy atom. The number of hydrogen-bond acceptors (Lipinski definition) is 5. The van der Waals surface area contributed by atoms with E-state index in [0.717, 1.165) is 6.07 Å². The molecule has 1 aliphatic rings. The zero-order valence-corrected chi connectivity index (χ0v) is 11.2. The molecular formula is C13H17N3O4. The second-order valence-corrected chi connectivity index (χ2v) is 4.90. The number of phenolic OH excluding ortho intramolecular Hbond substituents is 1. The number of aromatic hydroxyl groups is 1. The second kappa shape index (κ2) is 5.87. The van der Waals surface area contributed by atoms with Crippen molar-refractivity contribution in [3.05, 3.63) is 33.9 Å². The lowest BCUT2D eigenvalue weighted by molar-refractivity contribution is -0.385. The zero-order chi connectivity index (χ0) is 14.7. The lowest BCUT2D eigenvalue weighted by Gasteiger charge is -2.15. The summed E-state index contributed by atoms with van der Waals surface area (Å²) in [4.78, 5) is 24.0. The molecule has 2 rings (SSSR count). The molecule has 7 heteroatoms. The summed E-state index contributed by atoms with van der Waals surface area (Å²) < 4.78 is 0. The van der Waals surface area contributed by atoms with Gasteiger partial charge in [0.25, 0.3) is 5.91 Å². The minimum atomic E-state index is -0.715. The van der Waals surface area contributed by atoms with E-state index in [0.29, 0.717) is 19.1 Å². The van der Waals surface area contributed by atoms with Crippen LogP contribution in [0.4, 0.5) is 5.69 Å². The lowest BCUT2D eigenvalue weighted by atomic mass is 10.1. The Bertz CT molecular complexity index is 528. The lowest BCUT2D eigenvalue weighted by Crippen LogP contribution is -2.34. The molecule has 0 radical (unpaired) electrons. The van der Waals surface area contributed by atoms with Crippen LogP contribution in [0.3, 0.4) is 0 Å². The number of amides is 1. The monoisotopic (exact) mass is 279 g/mol. The fourth-order valence-corrected chi connectivity index (χ4v) is 2.00. The van der Waals surface area contributed by atoms with Crippen molar-refractivity contribution >= 4 is 11.6 Å². The van der Waals surface area contributed by atoms with Crippen LogP contribution in [0.5, 0.6) is 5.75 Å².